The van der Waals surface area contributed by atoms with Gasteiger partial charge in [-0.3, -0.25) is 0 Å². The molecule has 4 heteroatoms. The third-order valence-corrected chi connectivity index (χ3v) is 4.05. The Bertz CT molecular complexity index is 414. The van der Waals surface area contributed by atoms with E-state index in [1.807, 2.05) is 0 Å². The second-order valence-electron chi connectivity index (χ2n) is 5.88. The van der Waals surface area contributed by atoms with Crippen molar-refractivity contribution < 1.29 is 0 Å². The Morgan fingerprint density at radius 2 is 2.11 bits per heavy atom. The fourth-order valence-electron chi connectivity index (χ4n) is 2.76. The third-order valence-electron chi connectivity index (χ3n) is 3.85. The Morgan fingerprint density at radius 1 is 1.42 bits per heavy atom. The molecule has 0 saturated heterocycles. The summed E-state index contributed by atoms with van der Waals surface area (Å²) in [7, 11) is 0. The maximum Gasteiger partial charge on any atom is 0.152 e. The van der Waals surface area contributed by atoms with Crippen LogP contribution in [-0.2, 0) is 0 Å². The minimum atomic E-state index is 0.592. The molecule has 1 aromatic heterocycles. The zero-order chi connectivity index (χ0) is 13.8. The van der Waals surface area contributed by atoms with Crippen LogP contribution in [0.3, 0.4) is 0 Å². The van der Waals surface area contributed by atoms with Crippen LogP contribution in [0.2, 0.25) is 5.02 Å². The van der Waals surface area contributed by atoms with Crippen molar-refractivity contribution in [3.8, 4) is 0 Å². The first-order chi connectivity index (χ1) is 9.08. The molecule has 0 amide bonds. The van der Waals surface area contributed by atoms with Crippen LogP contribution in [0.15, 0.2) is 12.3 Å². The summed E-state index contributed by atoms with van der Waals surface area (Å²) >= 11 is 5.95. The summed E-state index contributed by atoms with van der Waals surface area (Å²) in [6, 6.07) is 2.40. The first kappa shape index (κ1) is 14.4. The van der Waals surface area contributed by atoms with Crippen LogP contribution in [0, 0.1) is 5.92 Å². The molecule has 19 heavy (non-hydrogen) atoms. The van der Waals surface area contributed by atoms with Crippen LogP contribution in [0.25, 0.3) is 0 Å². The number of rotatable bonds is 5. The minimum absolute atomic E-state index is 0.592. The van der Waals surface area contributed by atoms with Gasteiger partial charge in [-0.15, -0.1) is 0 Å². The average molecular weight is 282 g/mol. The van der Waals surface area contributed by atoms with Gasteiger partial charge in [-0.1, -0.05) is 38.3 Å². The zero-order valence-corrected chi connectivity index (χ0v) is 12.7. The highest BCUT2D eigenvalue weighted by atomic mass is 35.5. The molecule has 106 valence electrons. The number of nitrogens with two attached hydrogens (primary N) is 1. The van der Waals surface area contributed by atoms with E-state index in [1.54, 1.807) is 12.3 Å². The van der Waals surface area contributed by atoms with Gasteiger partial charge in [0.25, 0.3) is 0 Å². The summed E-state index contributed by atoms with van der Waals surface area (Å²) in [6.07, 6.45) is 8.00. The summed E-state index contributed by atoms with van der Waals surface area (Å²) in [4.78, 5) is 6.87. The quantitative estimate of drug-likeness (QED) is 0.883. The van der Waals surface area contributed by atoms with E-state index in [0.29, 0.717) is 22.7 Å². The Labute approximate surface area is 121 Å². The lowest BCUT2D eigenvalue weighted by atomic mass is 10.1. The van der Waals surface area contributed by atoms with Gasteiger partial charge in [-0.25, -0.2) is 4.98 Å². The predicted octanol–water partition coefficient (Wildman–Crippen LogP) is 4.11. The number of hydrogen-bond acceptors (Lipinski definition) is 3. The molecule has 0 aliphatic heterocycles. The van der Waals surface area contributed by atoms with Crippen molar-refractivity contribution in [1.82, 2.24) is 4.98 Å². The van der Waals surface area contributed by atoms with Crippen LogP contribution in [-0.4, -0.2) is 17.6 Å². The van der Waals surface area contributed by atoms with E-state index >= 15 is 0 Å². The van der Waals surface area contributed by atoms with E-state index in [1.165, 1.54) is 32.1 Å². The van der Waals surface area contributed by atoms with Crippen LogP contribution in [0.1, 0.15) is 46.0 Å². The molecule has 2 N–H and O–H groups in total. The smallest absolute Gasteiger partial charge is 0.152 e. The highest BCUT2D eigenvalue weighted by Crippen LogP contribution is 2.31. The van der Waals surface area contributed by atoms with E-state index in [4.69, 9.17) is 17.3 Å². The van der Waals surface area contributed by atoms with Crippen molar-refractivity contribution in [2.75, 3.05) is 17.2 Å². The van der Waals surface area contributed by atoms with Crippen LogP contribution < -0.4 is 10.6 Å². The van der Waals surface area contributed by atoms with Gasteiger partial charge in [-0.05, 0) is 31.2 Å². The standard InChI is InChI=1S/C15H24ClN3/c1-11(2)7-8-19(13-5-3-4-6-13)15-14(17)9-12(16)10-18-15/h9-11,13H,3-8,17H2,1-2H3. The summed E-state index contributed by atoms with van der Waals surface area (Å²) in [5, 5.41) is 0.608. The second-order valence-corrected chi connectivity index (χ2v) is 6.32. The molecule has 3 nitrogen and oxygen atoms in total. The number of anilines is 2. The van der Waals surface area contributed by atoms with Crippen LogP contribution in [0.4, 0.5) is 11.5 Å². The van der Waals surface area contributed by atoms with Gasteiger partial charge >= 0.3 is 0 Å². The fourth-order valence-corrected chi connectivity index (χ4v) is 2.93. The normalized spacial score (nSPS) is 16.2. The molecule has 0 bridgehead atoms. The van der Waals surface area contributed by atoms with E-state index in [9.17, 15) is 0 Å². The number of nitrogen functional groups attached to an aromatic ring is 1. The van der Waals surface area contributed by atoms with Crippen molar-refractivity contribution in [3.63, 3.8) is 0 Å². The number of nitrogens with zero attached hydrogens (tertiary/aromatic N) is 2. The monoisotopic (exact) mass is 281 g/mol. The molecular formula is C15H24ClN3. The molecule has 0 unspecified atom stereocenters. The summed E-state index contributed by atoms with van der Waals surface area (Å²) < 4.78 is 0. The molecule has 1 aliphatic rings. The van der Waals surface area contributed by atoms with Gasteiger partial charge in [0.2, 0.25) is 0 Å². The molecule has 1 aromatic rings. The SMILES string of the molecule is CC(C)CCN(c1ncc(Cl)cc1N)C1CCCC1. The lowest BCUT2D eigenvalue weighted by Crippen LogP contribution is -2.36. The molecule has 0 radical (unpaired) electrons. The van der Waals surface area contributed by atoms with Gasteiger partial charge < -0.3 is 10.6 Å². The predicted molar refractivity (Wildman–Crippen MR) is 82.7 cm³/mol. The van der Waals surface area contributed by atoms with E-state index in [-0.39, 0.29) is 0 Å². The Morgan fingerprint density at radius 3 is 2.68 bits per heavy atom. The Kier molecular flexibility index (Phi) is 4.92. The maximum atomic E-state index is 6.11. The van der Waals surface area contributed by atoms with Crippen molar-refractivity contribution in [2.24, 2.45) is 5.92 Å². The summed E-state index contributed by atoms with van der Waals surface area (Å²) in [5.41, 5.74) is 6.81. The van der Waals surface area contributed by atoms with Gasteiger partial charge in [0.05, 0.1) is 10.7 Å². The maximum absolute atomic E-state index is 6.11. The lowest BCUT2D eigenvalue weighted by molar-refractivity contribution is 0.525. The first-order valence-corrected chi connectivity index (χ1v) is 7.63. The summed E-state index contributed by atoms with van der Waals surface area (Å²) in [5.74, 6) is 1.61. The lowest BCUT2D eigenvalue weighted by Gasteiger charge is -2.31. The number of hydrogen-bond donors (Lipinski definition) is 1. The van der Waals surface area contributed by atoms with Gasteiger partial charge in [0, 0.05) is 18.8 Å². The Balaban J connectivity index is 2.19. The number of aromatic nitrogens is 1. The molecular weight excluding hydrogens is 258 g/mol. The van der Waals surface area contributed by atoms with E-state index in [0.717, 1.165) is 12.4 Å². The number of halogens is 1. The summed E-state index contributed by atoms with van der Waals surface area (Å²) in [6.45, 7) is 5.54. The molecule has 2 rings (SSSR count). The highest BCUT2D eigenvalue weighted by molar-refractivity contribution is 6.30. The second kappa shape index (κ2) is 6.47. The van der Waals surface area contributed by atoms with E-state index in [2.05, 4.69) is 23.7 Å². The average Bonchev–Trinajstić information content (AvgIpc) is 2.85. The van der Waals surface area contributed by atoms with Crippen LogP contribution >= 0.6 is 11.6 Å². The van der Waals surface area contributed by atoms with Crippen molar-refractivity contribution in [2.45, 2.75) is 52.0 Å². The molecule has 1 saturated carbocycles. The third kappa shape index (κ3) is 3.75. The topological polar surface area (TPSA) is 42.2 Å². The molecule has 1 aliphatic carbocycles. The number of pyridine rings is 1. The van der Waals surface area contributed by atoms with Gasteiger partial charge in [0.15, 0.2) is 5.82 Å². The molecule has 1 heterocycles. The van der Waals surface area contributed by atoms with Crippen molar-refractivity contribution in [1.29, 1.82) is 0 Å². The molecule has 0 atom stereocenters. The van der Waals surface area contributed by atoms with Gasteiger partial charge in [-0.2, -0.15) is 0 Å². The Hall–Kier alpha value is -0.960. The van der Waals surface area contributed by atoms with E-state index < -0.39 is 0 Å². The first-order valence-electron chi connectivity index (χ1n) is 7.25. The fraction of sp³-hybridized carbons (Fsp3) is 0.667. The zero-order valence-electron chi connectivity index (χ0n) is 11.9. The molecule has 1 fully saturated rings. The minimum Gasteiger partial charge on any atom is -0.396 e. The van der Waals surface area contributed by atoms with Gasteiger partial charge in [0.1, 0.15) is 0 Å². The molecule has 0 spiro atoms. The van der Waals surface area contributed by atoms with Crippen molar-refractivity contribution >= 4 is 23.1 Å². The largest absolute Gasteiger partial charge is 0.396 e. The molecule has 0 aromatic carbocycles. The van der Waals surface area contributed by atoms with Crippen LogP contribution in [0.5, 0.6) is 0 Å². The highest BCUT2D eigenvalue weighted by Gasteiger charge is 2.25. The van der Waals surface area contributed by atoms with Crippen molar-refractivity contribution in [3.05, 3.63) is 17.3 Å².